The van der Waals surface area contributed by atoms with E-state index in [9.17, 15) is 23.1 Å². The number of nitrogens with zero attached hydrogens (tertiary/aromatic N) is 2. The maximum Gasteiger partial charge on any atom is 0.418 e. The Hall–Kier alpha value is -2.23. The molecule has 0 spiro atoms. The number of rotatable bonds is 2. The Balaban J connectivity index is 3.65. The zero-order chi connectivity index (χ0) is 13.2. The predicted octanol–water partition coefficient (Wildman–Crippen LogP) is 1.63. The van der Waals surface area contributed by atoms with E-state index < -0.39 is 28.7 Å². The molecule has 0 saturated carbocycles. The van der Waals surface area contributed by atoms with E-state index in [0.717, 1.165) is 0 Å². The molecule has 17 heavy (non-hydrogen) atoms. The molecule has 0 radical (unpaired) electrons. The molecular weight excluding hydrogens is 237 g/mol. The van der Waals surface area contributed by atoms with Gasteiger partial charge in [-0.15, -0.1) is 6.58 Å². The molecule has 90 valence electrons. The Bertz CT molecular complexity index is 552. The van der Waals surface area contributed by atoms with Crippen molar-refractivity contribution in [1.29, 1.82) is 5.26 Å². The summed E-state index contributed by atoms with van der Waals surface area (Å²) in [5, 5.41) is 18.0. The normalized spacial score (nSPS) is 10.9. The first kappa shape index (κ1) is 12.8. The van der Waals surface area contributed by atoms with Crippen molar-refractivity contribution >= 4 is 0 Å². The van der Waals surface area contributed by atoms with E-state index >= 15 is 0 Å². The standard InChI is InChI=1S/C10H7F3N2O2/c1-2-3-15-8(16)4-7(10(11,12)13)6(5-14)9(15)17/h2,4,17H,1,3H2. The van der Waals surface area contributed by atoms with E-state index in [0.29, 0.717) is 4.57 Å². The lowest BCUT2D eigenvalue weighted by Gasteiger charge is -2.12. The lowest BCUT2D eigenvalue weighted by Crippen LogP contribution is -2.23. The zero-order valence-electron chi connectivity index (χ0n) is 8.45. The summed E-state index contributed by atoms with van der Waals surface area (Å²) in [7, 11) is 0. The van der Waals surface area contributed by atoms with Crippen LogP contribution in [0.2, 0.25) is 0 Å². The second kappa shape index (κ2) is 4.33. The topological polar surface area (TPSA) is 66.0 Å². The van der Waals surface area contributed by atoms with Gasteiger partial charge in [0.1, 0.15) is 11.6 Å². The van der Waals surface area contributed by atoms with Crippen molar-refractivity contribution in [2.75, 3.05) is 0 Å². The largest absolute Gasteiger partial charge is 0.493 e. The van der Waals surface area contributed by atoms with Crippen LogP contribution < -0.4 is 5.56 Å². The van der Waals surface area contributed by atoms with Crippen LogP contribution in [0.5, 0.6) is 5.88 Å². The molecule has 0 aromatic carbocycles. The maximum absolute atomic E-state index is 12.5. The summed E-state index contributed by atoms with van der Waals surface area (Å²) in [4.78, 5) is 11.3. The minimum Gasteiger partial charge on any atom is -0.493 e. The SMILES string of the molecule is C=CCn1c(O)c(C#N)c(C(F)(F)F)cc1=O. The van der Waals surface area contributed by atoms with Crippen LogP contribution in [-0.4, -0.2) is 9.67 Å². The third-order valence-corrected chi connectivity index (χ3v) is 2.01. The number of allylic oxidation sites excluding steroid dienone is 1. The smallest absolute Gasteiger partial charge is 0.418 e. The summed E-state index contributed by atoms with van der Waals surface area (Å²) in [5.74, 6) is -1.01. The Morgan fingerprint density at radius 1 is 1.59 bits per heavy atom. The number of halogens is 3. The third-order valence-electron chi connectivity index (χ3n) is 2.01. The zero-order valence-corrected chi connectivity index (χ0v) is 8.45. The van der Waals surface area contributed by atoms with Gasteiger partial charge in [0, 0.05) is 12.6 Å². The number of pyridine rings is 1. The Morgan fingerprint density at radius 3 is 2.59 bits per heavy atom. The van der Waals surface area contributed by atoms with Gasteiger partial charge in [0.05, 0.1) is 5.56 Å². The molecule has 7 heteroatoms. The molecule has 0 aliphatic heterocycles. The van der Waals surface area contributed by atoms with Crippen LogP contribution >= 0.6 is 0 Å². The third kappa shape index (κ3) is 2.30. The van der Waals surface area contributed by atoms with Crippen molar-refractivity contribution in [3.05, 3.63) is 40.2 Å². The van der Waals surface area contributed by atoms with Gasteiger partial charge in [0.15, 0.2) is 0 Å². The lowest BCUT2D eigenvalue weighted by molar-refractivity contribution is -0.138. The van der Waals surface area contributed by atoms with Gasteiger partial charge >= 0.3 is 6.18 Å². The van der Waals surface area contributed by atoms with Crippen molar-refractivity contribution in [2.24, 2.45) is 0 Å². The van der Waals surface area contributed by atoms with Gasteiger partial charge in [-0.05, 0) is 0 Å². The number of nitriles is 1. The second-order valence-electron chi connectivity index (χ2n) is 3.10. The van der Waals surface area contributed by atoms with Crippen molar-refractivity contribution < 1.29 is 18.3 Å². The minimum absolute atomic E-state index is 0.183. The minimum atomic E-state index is -4.87. The van der Waals surface area contributed by atoms with Crippen molar-refractivity contribution in [3.8, 4) is 11.9 Å². The van der Waals surface area contributed by atoms with Gasteiger partial charge in [-0.1, -0.05) is 6.08 Å². The van der Waals surface area contributed by atoms with E-state index in [2.05, 4.69) is 6.58 Å². The molecule has 0 unspecified atom stereocenters. The molecule has 0 amide bonds. The molecule has 0 saturated heterocycles. The molecule has 1 rings (SSSR count). The summed E-state index contributed by atoms with van der Waals surface area (Å²) < 4.78 is 38.1. The van der Waals surface area contributed by atoms with E-state index in [4.69, 9.17) is 5.26 Å². The molecule has 0 aliphatic carbocycles. The molecule has 1 aromatic heterocycles. The Labute approximate surface area is 93.8 Å². The quantitative estimate of drug-likeness (QED) is 0.804. The Morgan fingerprint density at radius 2 is 2.18 bits per heavy atom. The molecule has 4 nitrogen and oxygen atoms in total. The van der Waals surface area contributed by atoms with Gasteiger partial charge in [-0.25, -0.2) is 0 Å². The van der Waals surface area contributed by atoms with Crippen LogP contribution in [0.3, 0.4) is 0 Å². The summed E-state index contributed by atoms with van der Waals surface area (Å²) in [6.45, 7) is 3.11. The van der Waals surface area contributed by atoms with E-state index in [1.165, 1.54) is 12.1 Å². The highest BCUT2D eigenvalue weighted by Crippen LogP contribution is 2.33. The van der Waals surface area contributed by atoms with Crippen molar-refractivity contribution in [2.45, 2.75) is 12.7 Å². The summed E-state index contributed by atoms with van der Waals surface area (Å²) in [6.07, 6.45) is -3.65. The average molecular weight is 244 g/mol. The highest BCUT2D eigenvalue weighted by Gasteiger charge is 2.36. The molecule has 1 aromatic rings. The lowest BCUT2D eigenvalue weighted by atomic mass is 10.1. The molecule has 0 fully saturated rings. The number of hydrogen-bond donors (Lipinski definition) is 1. The van der Waals surface area contributed by atoms with Crippen LogP contribution in [0.15, 0.2) is 23.5 Å². The number of hydrogen-bond acceptors (Lipinski definition) is 3. The number of aromatic hydroxyl groups is 1. The average Bonchev–Trinajstić information content (AvgIpc) is 2.22. The van der Waals surface area contributed by atoms with Gasteiger partial charge in [-0.2, -0.15) is 18.4 Å². The van der Waals surface area contributed by atoms with Crippen LogP contribution in [0.25, 0.3) is 0 Å². The van der Waals surface area contributed by atoms with E-state index in [1.807, 2.05) is 0 Å². The highest BCUT2D eigenvalue weighted by atomic mass is 19.4. The highest BCUT2D eigenvalue weighted by molar-refractivity contribution is 5.46. The first-order valence-electron chi connectivity index (χ1n) is 4.38. The molecule has 0 bridgehead atoms. The van der Waals surface area contributed by atoms with Gasteiger partial charge in [0.2, 0.25) is 5.88 Å². The fourth-order valence-electron chi connectivity index (χ4n) is 1.27. The molecule has 1 heterocycles. The summed E-state index contributed by atoms with van der Waals surface area (Å²) in [5.41, 5.74) is -3.46. The second-order valence-corrected chi connectivity index (χ2v) is 3.10. The van der Waals surface area contributed by atoms with Crippen molar-refractivity contribution in [3.63, 3.8) is 0 Å². The first-order valence-corrected chi connectivity index (χ1v) is 4.38. The fraction of sp³-hybridized carbons (Fsp3) is 0.200. The van der Waals surface area contributed by atoms with E-state index in [1.54, 1.807) is 0 Å². The number of alkyl halides is 3. The molecule has 1 N–H and O–H groups in total. The first-order chi connectivity index (χ1) is 7.82. The van der Waals surface area contributed by atoms with Crippen LogP contribution in [0, 0.1) is 11.3 Å². The molecule has 0 atom stereocenters. The summed E-state index contributed by atoms with van der Waals surface area (Å²) >= 11 is 0. The van der Waals surface area contributed by atoms with Crippen LogP contribution in [0.1, 0.15) is 11.1 Å². The fourth-order valence-corrected chi connectivity index (χ4v) is 1.27. The van der Waals surface area contributed by atoms with Crippen LogP contribution in [-0.2, 0) is 12.7 Å². The predicted molar refractivity (Wildman–Crippen MR) is 52.3 cm³/mol. The van der Waals surface area contributed by atoms with Gasteiger partial charge in [-0.3, -0.25) is 9.36 Å². The summed E-state index contributed by atoms with van der Waals surface area (Å²) in [6, 6.07) is 1.51. The maximum atomic E-state index is 12.5. The van der Waals surface area contributed by atoms with Gasteiger partial charge < -0.3 is 5.11 Å². The van der Waals surface area contributed by atoms with Crippen molar-refractivity contribution in [1.82, 2.24) is 4.57 Å². The molecule has 0 aliphatic rings. The Kier molecular flexibility index (Phi) is 3.27. The van der Waals surface area contributed by atoms with E-state index in [-0.39, 0.29) is 12.6 Å². The van der Waals surface area contributed by atoms with Crippen LogP contribution in [0.4, 0.5) is 13.2 Å². The molecular formula is C10H7F3N2O2. The van der Waals surface area contributed by atoms with Gasteiger partial charge in [0.25, 0.3) is 5.56 Å². The monoisotopic (exact) mass is 244 g/mol. The number of aromatic nitrogens is 1.